The van der Waals surface area contributed by atoms with Gasteiger partial charge in [-0.25, -0.2) is 15.0 Å². The normalized spacial score (nSPS) is 14.8. The third kappa shape index (κ3) is 3.72. The average Bonchev–Trinajstić information content (AvgIpc) is 3.22. The summed E-state index contributed by atoms with van der Waals surface area (Å²) in [5, 5.41) is 2.98. The quantitative estimate of drug-likeness (QED) is 0.902. The van der Waals surface area contributed by atoms with E-state index in [2.05, 4.69) is 20.3 Å². The molecule has 0 unspecified atom stereocenters. The van der Waals surface area contributed by atoms with Crippen LogP contribution in [0.15, 0.2) is 11.6 Å². The molecule has 0 aliphatic heterocycles. The van der Waals surface area contributed by atoms with E-state index in [1.54, 1.807) is 5.51 Å². The van der Waals surface area contributed by atoms with Crippen LogP contribution >= 0.6 is 11.3 Å². The van der Waals surface area contributed by atoms with Crippen molar-refractivity contribution in [1.82, 2.24) is 20.3 Å². The second kappa shape index (κ2) is 7.25. The van der Waals surface area contributed by atoms with Gasteiger partial charge in [0, 0.05) is 25.7 Å². The van der Waals surface area contributed by atoms with Gasteiger partial charge in [-0.1, -0.05) is 12.8 Å². The van der Waals surface area contributed by atoms with E-state index in [9.17, 15) is 4.79 Å². The number of amides is 1. The Kier molecular flexibility index (Phi) is 5.08. The van der Waals surface area contributed by atoms with E-state index in [1.807, 2.05) is 32.0 Å². The van der Waals surface area contributed by atoms with Crippen LogP contribution in [0.1, 0.15) is 58.4 Å². The predicted molar refractivity (Wildman–Crippen MR) is 95.6 cm³/mol. The first-order valence-corrected chi connectivity index (χ1v) is 9.16. The molecule has 0 bridgehead atoms. The molecule has 0 radical (unpaired) electrons. The Balaban J connectivity index is 1.69. The van der Waals surface area contributed by atoms with Gasteiger partial charge in [0.15, 0.2) is 0 Å². The second-order valence-corrected chi connectivity index (χ2v) is 7.28. The van der Waals surface area contributed by atoms with Crippen molar-refractivity contribution >= 4 is 23.2 Å². The molecule has 0 spiro atoms. The molecule has 2 heterocycles. The SMILES string of the molecule is Cc1cc(CNC(=O)c2scnc2C2CCCC2)nc(N(C)C)n1. The fourth-order valence-electron chi connectivity index (χ4n) is 3.07. The van der Waals surface area contributed by atoms with Crippen LogP contribution in [0.5, 0.6) is 0 Å². The molecule has 6 nitrogen and oxygen atoms in total. The highest BCUT2D eigenvalue weighted by Crippen LogP contribution is 2.36. The van der Waals surface area contributed by atoms with Crippen LogP contribution in [0.3, 0.4) is 0 Å². The lowest BCUT2D eigenvalue weighted by Gasteiger charge is -2.13. The van der Waals surface area contributed by atoms with E-state index in [1.165, 1.54) is 24.2 Å². The zero-order valence-electron chi connectivity index (χ0n) is 14.4. The molecular formula is C17H23N5OS. The van der Waals surface area contributed by atoms with Gasteiger partial charge in [-0.2, -0.15) is 0 Å². The monoisotopic (exact) mass is 345 g/mol. The zero-order chi connectivity index (χ0) is 17.1. The van der Waals surface area contributed by atoms with Crippen LogP contribution in [-0.2, 0) is 6.54 Å². The first-order chi connectivity index (χ1) is 11.5. The van der Waals surface area contributed by atoms with Crippen molar-refractivity contribution in [2.45, 2.75) is 45.1 Å². The lowest BCUT2D eigenvalue weighted by Crippen LogP contribution is -2.24. The minimum atomic E-state index is -0.0536. The van der Waals surface area contributed by atoms with Gasteiger partial charge in [-0.15, -0.1) is 11.3 Å². The number of anilines is 1. The summed E-state index contributed by atoms with van der Waals surface area (Å²) in [7, 11) is 3.81. The van der Waals surface area contributed by atoms with Crippen LogP contribution in [-0.4, -0.2) is 35.0 Å². The van der Waals surface area contributed by atoms with E-state index in [-0.39, 0.29) is 5.91 Å². The van der Waals surface area contributed by atoms with Crippen molar-refractivity contribution in [2.75, 3.05) is 19.0 Å². The molecule has 1 N–H and O–H groups in total. The lowest BCUT2D eigenvalue weighted by molar-refractivity contribution is 0.0953. The maximum absolute atomic E-state index is 12.6. The van der Waals surface area contributed by atoms with Gasteiger partial charge in [0.05, 0.1) is 23.4 Å². The third-order valence-corrected chi connectivity index (χ3v) is 5.11. The fourth-order valence-corrected chi connectivity index (χ4v) is 3.86. The molecule has 0 aromatic carbocycles. The maximum atomic E-state index is 12.6. The summed E-state index contributed by atoms with van der Waals surface area (Å²) in [6.07, 6.45) is 4.75. The summed E-state index contributed by atoms with van der Waals surface area (Å²) >= 11 is 1.43. The summed E-state index contributed by atoms with van der Waals surface area (Å²) in [6.45, 7) is 2.33. The van der Waals surface area contributed by atoms with Crippen molar-refractivity contribution in [1.29, 1.82) is 0 Å². The summed E-state index contributed by atoms with van der Waals surface area (Å²) in [5.74, 6) is 1.05. The minimum Gasteiger partial charge on any atom is -0.347 e. The highest BCUT2D eigenvalue weighted by Gasteiger charge is 2.25. The number of rotatable bonds is 5. The zero-order valence-corrected chi connectivity index (χ0v) is 15.2. The van der Waals surface area contributed by atoms with Crippen molar-refractivity contribution in [3.63, 3.8) is 0 Å². The number of thiazole rings is 1. The highest BCUT2D eigenvalue weighted by atomic mass is 32.1. The smallest absolute Gasteiger partial charge is 0.263 e. The molecule has 1 fully saturated rings. The summed E-state index contributed by atoms with van der Waals surface area (Å²) < 4.78 is 0. The number of hydrogen-bond acceptors (Lipinski definition) is 6. The Bertz CT molecular complexity index is 722. The molecular weight excluding hydrogens is 322 g/mol. The molecule has 1 aliphatic rings. The van der Waals surface area contributed by atoms with E-state index in [0.717, 1.165) is 34.8 Å². The Morgan fingerprint density at radius 1 is 1.33 bits per heavy atom. The fraction of sp³-hybridized carbons (Fsp3) is 0.529. The van der Waals surface area contributed by atoms with Crippen LogP contribution in [0.25, 0.3) is 0 Å². The molecule has 1 saturated carbocycles. The molecule has 0 atom stereocenters. The van der Waals surface area contributed by atoms with Gasteiger partial charge in [0.1, 0.15) is 4.88 Å². The number of nitrogens with zero attached hydrogens (tertiary/aromatic N) is 4. The van der Waals surface area contributed by atoms with E-state index >= 15 is 0 Å². The Hall–Kier alpha value is -2.02. The van der Waals surface area contributed by atoms with Gasteiger partial charge in [0.25, 0.3) is 5.91 Å². The van der Waals surface area contributed by atoms with Crippen LogP contribution < -0.4 is 10.2 Å². The van der Waals surface area contributed by atoms with Crippen molar-refractivity contribution in [3.8, 4) is 0 Å². The number of carbonyl (C=O) groups is 1. The van der Waals surface area contributed by atoms with E-state index in [0.29, 0.717) is 18.4 Å². The topological polar surface area (TPSA) is 71.0 Å². The molecule has 2 aromatic heterocycles. The van der Waals surface area contributed by atoms with Gasteiger partial charge >= 0.3 is 0 Å². The van der Waals surface area contributed by atoms with E-state index < -0.39 is 0 Å². The summed E-state index contributed by atoms with van der Waals surface area (Å²) in [5.41, 5.74) is 4.46. The van der Waals surface area contributed by atoms with Crippen LogP contribution in [0.4, 0.5) is 5.95 Å². The molecule has 1 aliphatic carbocycles. The standard InChI is InChI=1S/C17H23N5OS/c1-11-8-13(21-17(20-11)22(2)3)9-18-16(23)15-14(19-10-24-15)12-6-4-5-7-12/h8,10,12H,4-7,9H2,1-3H3,(H,18,23). The number of aryl methyl sites for hydroxylation is 1. The molecule has 128 valence electrons. The first-order valence-electron chi connectivity index (χ1n) is 8.28. The van der Waals surface area contributed by atoms with Gasteiger partial charge in [-0.3, -0.25) is 4.79 Å². The summed E-state index contributed by atoms with van der Waals surface area (Å²) in [4.78, 5) is 28.5. The third-order valence-electron chi connectivity index (χ3n) is 4.27. The van der Waals surface area contributed by atoms with Gasteiger partial charge in [-0.05, 0) is 25.8 Å². The molecule has 2 aromatic rings. The maximum Gasteiger partial charge on any atom is 0.263 e. The van der Waals surface area contributed by atoms with Crippen molar-refractivity contribution in [3.05, 3.63) is 33.5 Å². The molecule has 3 rings (SSSR count). The largest absolute Gasteiger partial charge is 0.347 e. The summed E-state index contributed by atoms with van der Waals surface area (Å²) in [6, 6.07) is 1.90. The minimum absolute atomic E-state index is 0.0536. The molecule has 1 amide bonds. The lowest BCUT2D eigenvalue weighted by atomic mass is 10.0. The number of nitrogens with one attached hydrogen (secondary N) is 1. The molecule has 7 heteroatoms. The predicted octanol–water partition coefficient (Wildman–Crippen LogP) is 2.90. The first kappa shape index (κ1) is 16.8. The molecule has 0 saturated heterocycles. The number of aromatic nitrogens is 3. The van der Waals surface area contributed by atoms with Crippen LogP contribution in [0.2, 0.25) is 0 Å². The average molecular weight is 345 g/mol. The van der Waals surface area contributed by atoms with E-state index in [4.69, 9.17) is 0 Å². The van der Waals surface area contributed by atoms with Gasteiger partial charge < -0.3 is 10.2 Å². The second-order valence-electron chi connectivity index (χ2n) is 6.43. The Labute approximate surface area is 146 Å². The van der Waals surface area contributed by atoms with Crippen LogP contribution in [0, 0.1) is 6.92 Å². The van der Waals surface area contributed by atoms with Crippen molar-refractivity contribution in [2.24, 2.45) is 0 Å². The molecule has 24 heavy (non-hydrogen) atoms. The van der Waals surface area contributed by atoms with Crippen molar-refractivity contribution < 1.29 is 4.79 Å². The number of carbonyl (C=O) groups excluding carboxylic acids is 1. The van der Waals surface area contributed by atoms with Gasteiger partial charge in [0.2, 0.25) is 5.95 Å². The Morgan fingerprint density at radius 2 is 2.08 bits per heavy atom. The Morgan fingerprint density at radius 3 is 2.79 bits per heavy atom. The highest BCUT2D eigenvalue weighted by molar-refractivity contribution is 7.11. The number of hydrogen-bond donors (Lipinski definition) is 1.